The maximum atomic E-state index is 11.9. The van der Waals surface area contributed by atoms with E-state index in [4.69, 9.17) is 9.47 Å². The van der Waals surface area contributed by atoms with Gasteiger partial charge in [-0.25, -0.2) is 9.78 Å². The molecule has 0 saturated carbocycles. The highest BCUT2D eigenvalue weighted by atomic mass is 16.6. The highest BCUT2D eigenvalue weighted by Gasteiger charge is 2.18. The van der Waals surface area contributed by atoms with E-state index in [0.29, 0.717) is 24.9 Å². The largest absolute Gasteiger partial charge is 0.481 e. The standard InChI is InChI=1S/C20H35N5O3/c1-7-8-9-16(14-24-19(26)28-20(2,3)4)25-18(21-5)23-13-15-10-11-22-17(12-15)27-6/h10-12,16H,7-9,13-14H2,1-6H3,(H,24,26)(H2,21,23,25). The Bertz CT molecular complexity index is 629. The lowest BCUT2D eigenvalue weighted by molar-refractivity contribution is 0.0523. The minimum Gasteiger partial charge on any atom is -0.481 e. The smallest absolute Gasteiger partial charge is 0.407 e. The van der Waals surface area contributed by atoms with E-state index in [0.717, 1.165) is 24.8 Å². The van der Waals surface area contributed by atoms with Crippen molar-refractivity contribution in [1.29, 1.82) is 0 Å². The van der Waals surface area contributed by atoms with Gasteiger partial charge in [-0.3, -0.25) is 4.99 Å². The van der Waals surface area contributed by atoms with Crippen LogP contribution in [0, 0.1) is 0 Å². The number of carbonyl (C=O) groups is 1. The van der Waals surface area contributed by atoms with Gasteiger partial charge in [-0.2, -0.15) is 0 Å². The van der Waals surface area contributed by atoms with Crippen molar-refractivity contribution in [3.05, 3.63) is 23.9 Å². The molecule has 0 aliphatic heterocycles. The molecule has 1 rings (SSSR count). The van der Waals surface area contributed by atoms with Crippen molar-refractivity contribution in [3.63, 3.8) is 0 Å². The third-order valence-electron chi connectivity index (χ3n) is 3.83. The van der Waals surface area contributed by atoms with Crippen LogP contribution in [0.5, 0.6) is 5.88 Å². The summed E-state index contributed by atoms with van der Waals surface area (Å²) in [5.74, 6) is 1.24. The van der Waals surface area contributed by atoms with Crippen molar-refractivity contribution in [2.24, 2.45) is 4.99 Å². The molecule has 1 amide bonds. The van der Waals surface area contributed by atoms with Gasteiger partial charge >= 0.3 is 6.09 Å². The SMILES string of the molecule is CCCCC(CNC(=O)OC(C)(C)C)NC(=NC)NCc1ccnc(OC)c1. The average molecular weight is 394 g/mol. The van der Waals surface area contributed by atoms with Crippen LogP contribution in [-0.2, 0) is 11.3 Å². The number of alkyl carbamates (subject to hydrolysis) is 1. The number of pyridine rings is 1. The molecule has 0 bridgehead atoms. The zero-order valence-corrected chi connectivity index (χ0v) is 18.0. The number of ether oxygens (including phenoxy) is 2. The first-order valence-corrected chi connectivity index (χ1v) is 9.70. The fourth-order valence-corrected chi connectivity index (χ4v) is 2.44. The fourth-order valence-electron chi connectivity index (χ4n) is 2.44. The molecule has 0 spiro atoms. The van der Waals surface area contributed by atoms with E-state index in [1.165, 1.54) is 0 Å². The molecule has 0 aromatic carbocycles. The zero-order valence-electron chi connectivity index (χ0n) is 18.0. The molecular formula is C20H35N5O3. The predicted molar refractivity (Wildman–Crippen MR) is 112 cm³/mol. The lowest BCUT2D eigenvalue weighted by atomic mass is 10.1. The Balaban J connectivity index is 2.59. The quantitative estimate of drug-likeness (QED) is 0.441. The van der Waals surface area contributed by atoms with Crippen LogP contribution in [0.2, 0.25) is 0 Å². The van der Waals surface area contributed by atoms with Gasteiger partial charge in [0.1, 0.15) is 5.60 Å². The summed E-state index contributed by atoms with van der Waals surface area (Å²) < 4.78 is 10.5. The van der Waals surface area contributed by atoms with E-state index in [9.17, 15) is 4.79 Å². The van der Waals surface area contributed by atoms with Gasteiger partial charge in [0.05, 0.1) is 7.11 Å². The van der Waals surface area contributed by atoms with Gasteiger partial charge < -0.3 is 25.4 Å². The normalized spacial score (nSPS) is 12.9. The van der Waals surface area contributed by atoms with Crippen molar-refractivity contribution < 1.29 is 14.3 Å². The Morgan fingerprint density at radius 1 is 1.32 bits per heavy atom. The molecule has 1 aromatic heterocycles. The molecular weight excluding hydrogens is 358 g/mol. The van der Waals surface area contributed by atoms with Crippen LogP contribution >= 0.6 is 0 Å². The highest BCUT2D eigenvalue weighted by Crippen LogP contribution is 2.08. The van der Waals surface area contributed by atoms with Crippen LogP contribution in [-0.4, -0.2) is 49.4 Å². The molecule has 0 radical (unpaired) electrons. The highest BCUT2D eigenvalue weighted by molar-refractivity contribution is 5.80. The van der Waals surface area contributed by atoms with Crippen molar-refractivity contribution in [2.75, 3.05) is 20.7 Å². The Morgan fingerprint density at radius 2 is 2.07 bits per heavy atom. The third-order valence-corrected chi connectivity index (χ3v) is 3.83. The van der Waals surface area contributed by atoms with Gasteiger partial charge in [-0.05, 0) is 38.8 Å². The van der Waals surface area contributed by atoms with E-state index in [2.05, 4.69) is 32.9 Å². The molecule has 0 saturated heterocycles. The number of nitrogens with zero attached hydrogens (tertiary/aromatic N) is 2. The average Bonchev–Trinajstić information content (AvgIpc) is 2.65. The summed E-state index contributed by atoms with van der Waals surface area (Å²) in [4.78, 5) is 20.3. The van der Waals surface area contributed by atoms with E-state index in [-0.39, 0.29) is 6.04 Å². The molecule has 0 aliphatic carbocycles. The Hall–Kier alpha value is -2.51. The van der Waals surface area contributed by atoms with E-state index >= 15 is 0 Å². The van der Waals surface area contributed by atoms with Gasteiger partial charge in [-0.1, -0.05) is 19.8 Å². The maximum absolute atomic E-state index is 11.9. The minimum absolute atomic E-state index is 0.0469. The van der Waals surface area contributed by atoms with E-state index < -0.39 is 11.7 Å². The summed E-state index contributed by atoms with van der Waals surface area (Å²) in [5, 5.41) is 9.49. The summed E-state index contributed by atoms with van der Waals surface area (Å²) >= 11 is 0. The predicted octanol–water partition coefficient (Wildman–Crippen LogP) is 2.84. The van der Waals surface area contributed by atoms with Crippen molar-refractivity contribution >= 4 is 12.1 Å². The number of guanidine groups is 1. The summed E-state index contributed by atoms with van der Waals surface area (Å²) in [7, 11) is 3.32. The molecule has 28 heavy (non-hydrogen) atoms. The second-order valence-electron chi connectivity index (χ2n) is 7.50. The lowest BCUT2D eigenvalue weighted by Gasteiger charge is -2.24. The summed E-state index contributed by atoms with van der Waals surface area (Å²) in [6.45, 7) is 8.72. The second kappa shape index (κ2) is 12.0. The molecule has 1 atom stereocenters. The Labute approximate surface area is 168 Å². The molecule has 0 fully saturated rings. The molecule has 3 N–H and O–H groups in total. The molecule has 158 valence electrons. The van der Waals surface area contributed by atoms with Crippen LogP contribution in [0.4, 0.5) is 4.79 Å². The second-order valence-corrected chi connectivity index (χ2v) is 7.50. The van der Waals surface area contributed by atoms with Crippen LogP contribution < -0.4 is 20.7 Å². The maximum Gasteiger partial charge on any atom is 0.407 e. The van der Waals surface area contributed by atoms with Gasteiger partial charge in [0.2, 0.25) is 5.88 Å². The van der Waals surface area contributed by atoms with Gasteiger partial charge in [0, 0.05) is 38.4 Å². The first-order chi connectivity index (χ1) is 13.3. The van der Waals surface area contributed by atoms with Crippen molar-refractivity contribution in [2.45, 2.75) is 65.1 Å². The van der Waals surface area contributed by atoms with E-state index in [1.807, 2.05) is 32.9 Å². The number of hydrogen-bond donors (Lipinski definition) is 3. The van der Waals surface area contributed by atoms with Crippen LogP contribution in [0.1, 0.15) is 52.5 Å². The van der Waals surface area contributed by atoms with Gasteiger partial charge in [0.15, 0.2) is 5.96 Å². The monoisotopic (exact) mass is 393 g/mol. The molecule has 1 heterocycles. The van der Waals surface area contributed by atoms with Crippen LogP contribution in [0.3, 0.4) is 0 Å². The Morgan fingerprint density at radius 3 is 2.68 bits per heavy atom. The van der Waals surface area contributed by atoms with Crippen LogP contribution in [0.25, 0.3) is 0 Å². The molecule has 1 aromatic rings. The minimum atomic E-state index is -0.514. The van der Waals surface area contributed by atoms with Gasteiger partial charge in [-0.15, -0.1) is 0 Å². The number of aromatic nitrogens is 1. The fraction of sp³-hybridized carbons (Fsp3) is 0.650. The zero-order chi connectivity index (χ0) is 21.0. The van der Waals surface area contributed by atoms with Crippen molar-refractivity contribution in [1.82, 2.24) is 20.9 Å². The Kier molecular flexibility index (Phi) is 10.1. The molecule has 0 aliphatic rings. The number of unbranched alkanes of at least 4 members (excludes halogenated alkanes) is 1. The topological polar surface area (TPSA) is 96.9 Å². The molecule has 8 nitrogen and oxygen atoms in total. The van der Waals surface area contributed by atoms with E-state index in [1.54, 1.807) is 20.4 Å². The van der Waals surface area contributed by atoms with Crippen molar-refractivity contribution in [3.8, 4) is 5.88 Å². The summed E-state index contributed by atoms with van der Waals surface area (Å²) in [6.07, 6.45) is 4.33. The third kappa shape index (κ3) is 9.99. The number of hydrogen-bond acceptors (Lipinski definition) is 5. The summed E-state index contributed by atoms with van der Waals surface area (Å²) in [6, 6.07) is 3.84. The number of methoxy groups -OCH3 is 1. The number of carbonyl (C=O) groups excluding carboxylic acids is 1. The first kappa shape index (κ1) is 23.5. The summed E-state index contributed by atoms with van der Waals surface area (Å²) in [5.41, 5.74) is 0.520. The number of rotatable bonds is 9. The van der Waals surface area contributed by atoms with Gasteiger partial charge in [0.25, 0.3) is 0 Å². The number of amides is 1. The number of aliphatic imine (C=N–C) groups is 1. The number of nitrogens with one attached hydrogen (secondary N) is 3. The first-order valence-electron chi connectivity index (χ1n) is 9.70. The lowest BCUT2D eigenvalue weighted by Crippen LogP contribution is -2.48. The molecule has 1 unspecified atom stereocenters. The van der Waals surface area contributed by atoms with Crippen LogP contribution in [0.15, 0.2) is 23.3 Å². The molecule has 8 heteroatoms.